The Balaban J connectivity index is 1.34. The summed E-state index contributed by atoms with van der Waals surface area (Å²) in [6, 6.07) is 6.84. The van der Waals surface area contributed by atoms with Crippen LogP contribution in [0, 0.1) is 12.7 Å². The molecule has 1 unspecified atom stereocenters. The number of aromatic nitrogens is 1. The Labute approximate surface area is 159 Å². The highest BCUT2D eigenvalue weighted by molar-refractivity contribution is 5.53. The van der Waals surface area contributed by atoms with Gasteiger partial charge in [-0.25, -0.2) is 9.37 Å². The highest BCUT2D eigenvalue weighted by atomic mass is 19.1. The van der Waals surface area contributed by atoms with Crippen LogP contribution in [-0.4, -0.2) is 58.2 Å². The number of benzene rings is 1. The minimum absolute atomic E-state index is 0.153. The van der Waals surface area contributed by atoms with Crippen molar-refractivity contribution in [1.29, 1.82) is 0 Å². The van der Waals surface area contributed by atoms with Crippen molar-refractivity contribution in [3.05, 3.63) is 41.5 Å². The highest BCUT2D eigenvalue weighted by Crippen LogP contribution is 2.25. The van der Waals surface area contributed by atoms with E-state index in [9.17, 15) is 9.50 Å². The summed E-state index contributed by atoms with van der Waals surface area (Å²) in [6.07, 6.45) is 4.16. The smallest absolute Gasteiger partial charge is 0.226 e. The standard InChI is InChI=1S/C21H28FN3O2/c1-15-20(23-21(27-15)16-4-6-17(22)7-5-16)14-24-11-8-18(9-12-24)25-10-2-3-19(26)13-25/h4-7,18-19,26H,2-3,8-14H2,1H3. The third-order valence-electron chi connectivity index (χ3n) is 5.86. The molecule has 146 valence electrons. The van der Waals surface area contributed by atoms with Crippen molar-refractivity contribution >= 4 is 0 Å². The van der Waals surface area contributed by atoms with Gasteiger partial charge in [0.2, 0.25) is 5.89 Å². The number of rotatable bonds is 4. The molecule has 0 spiro atoms. The monoisotopic (exact) mass is 373 g/mol. The molecule has 0 bridgehead atoms. The quantitative estimate of drug-likeness (QED) is 0.892. The summed E-state index contributed by atoms with van der Waals surface area (Å²) in [4.78, 5) is 9.55. The second-order valence-corrected chi connectivity index (χ2v) is 7.83. The number of aliphatic hydroxyl groups is 1. The van der Waals surface area contributed by atoms with Crippen molar-refractivity contribution in [1.82, 2.24) is 14.8 Å². The molecule has 3 heterocycles. The van der Waals surface area contributed by atoms with Gasteiger partial charge < -0.3 is 9.52 Å². The highest BCUT2D eigenvalue weighted by Gasteiger charge is 2.28. The van der Waals surface area contributed by atoms with Gasteiger partial charge in [0.05, 0.1) is 11.8 Å². The fraction of sp³-hybridized carbons (Fsp3) is 0.571. The predicted octanol–water partition coefficient (Wildman–Crippen LogP) is 3.21. The first kappa shape index (κ1) is 18.6. The molecule has 1 N–H and O–H groups in total. The lowest BCUT2D eigenvalue weighted by atomic mass is 9.99. The number of aryl methyl sites for hydroxylation is 1. The Morgan fingerprint density at radius 3 is 2.59 bits per heavy atom. The van der Waals surface area contributed by atoms with Crippen molar-refractivity contribution in [2.24, 2.45) is 0 Å². The molecule has 1 aromatic heterocycles. The first-order valence-corrected chi connectivity index (χ1v) is 9.95. The van der Waals surface area contributed by atoms with Crippen molar-refractivity contribution < 1.29 is 13.9 Å². The van der Waals surface area contributed by atoms with E-state index in [4.69, 9.17) is 4.42 Å². The van der Waals surface area contributed by atoms with Gasteiger partial charge in [0.1, 0.15) is 11.6 Å². The fourth-order valence-electron chi connectivity index (χ4n) is 4.26. The summed E-state index contributed by atoms with van der Waals surface area (Å²) in [5.41, 5.74) is 1.76. The summed E-state index contributed by atoms with van der Waals surface area (Å²) in [5.74, 6) is 1.13. The molecule has 0 saturated carbocycles. The van der Waals surface area contributed by atoms with Gasteiger partial charge in [-0.2, -0.15) is 0 Å². The number of nitrogens with zero attached hydrogens (tertiary/aromatic N) is 3. The molecule has 1 atom stereocenters. The topological polar surface area (TPSA) is 52.7 Å². The molecule has 6 heteroatoms. The average Bonchev–Trinajstić information content (AvgIpc) is 3.03. The van der Waals surface area contributed by atoms with Crippen LogP contribution in [0.15, 0.2) is 28.7 Å². The minimum Gasteiger partial charge on any atom is -0.441 e. The van der Waals surface area contributed by atoms with Gasteiger partial charge in [-0.3, -0.25) is 9.80 Å². The number of aliphatic hydroxyl groups excluding tert-OH is 1. The molecule has 0 aliphatic carbocycles. The molecule has 2 saturated heterocycles. The summed E-state index contributed by atoms with van der Waals surface area (Å²) < 4.78 is 18.9. The van der Waals surface area contributed by atoms with E-state index >= 15 is 0 Å². The number of likely N-dealkylation sites (tertiary alicyclic amines) is 2. The third-order valence-corrected chi connectivity index (χ3v) is 5.86. The summed E-state index contributed by atoms with van der Waals surface area (Å²) in [5, 5.41) is 9.91. The van der Waals surface area contributed by atoms with E-state index in [-0.39, 0.29) is 11.9 Å². The first-order valence-electron chi connectivity index (χ1n) is 9.95. The van der Waals surface area contributed by atoms with Crippen molar-refractivity contribution in [2.45, 2.75) is 51.3 Å². The molecule has 1 aromatic carbocycles. The molecular formula is C21H28FN3O2. The SMILES string of the molecule is Cc1oc(-c2ccc(F)cc2)nc1CN1CCC(N2CCCC(O)C2)CC1. The van der Waals surface area contributed by atoms with E-state index in [1.807, 2.05) is 6.92 Å². The summed E-state index contributed by atoms with van der Waals surface area (Å²) >= 11 is 0. The van der Waals surface area contributed by atoms with Crippen molar-refractivity contribution in [3.63, 3.8) is 0 Å². The van der Waals surface area contributed by atoms with Crippen LogP contribution in [0.4, 0.5) is 4.39 Å². The molecule has 2 aliphatic heterocycles. The Hall–Kier alpha value is -1.76. The predicted molar refractivity (Wildman–Crippen MR) is 102 cm³/mol. The summed E-state index contributed by atoms with van der Waals surface area (Å²) in [6.45, 7) is 6.74. The fourth-order valence-corrected chi connectivity index (χ4v) is 4.26. The zero-order valence-electron chi connectivity index (χ0n) is 15.9. The van der Waals surface area contributed by atoms with Crippen LogP contribution in [0.2, 0.25) is 0 Å². The van der Waals surface area contributed by atoms with Crippen LogP contribution in [0.25, 0.3) is 11.5 Å². The Morgan fingerprint density at radius 2 is 1.89 bits per heavy atom. The maximum atomic E-state index is 13.1. The van der Waals surface area contributed by atoms with Crippen LogP contribution in [0.3, 0.4) is 0 Å². The van der Waals surface area contributed by atoms with E-state index in [0.717, 1.165) is 75.4 Å². The first-order chi connectivity index (χ1) is 13.1. The molecule has 4 rings (SSSR count). The second-order valence-electron chi connectivity index (χ2n) is 7.83. The van der Waals surface area contributed by atoms with Gasteiger partial charge in [-0.05, 0) is 63.4 Å². The lowest BCUT2D eigenvalue weighted by Gasteiger charge is -2.41. The largest absolute Gasteiger partial charge is 0.441 e. The van der Waals surface area contributed by atoms with Crippen LogP contribution in [-0.2, 0) is 6.54 Å². The van der Waals surface area contributed by atoms with Gasteiger partial charge >= 0.3 is 0 Å². The van der Waals surface area contributed by atoms with E-state index < -0.39 is 0 Å². The van der Waals surface area contributed by atoms with Gasteiger partial charge in [-0.1, -0.05) is 0 Å². The Bertz CT molecular complexity index is 753. The zero-order valence-corrected chi connectivity index (χ0v) is 15.9. The number of hydrogen-bond acceptors (Lipinski definition) is 5. The third kappa shape index (κ3) is 4.39. The van der Waals surface area contributed by atoms with E-state index in [0.29, 0.717) is 11.9 Å². The van der Waals surface area contributed by atoms with Gasteiger partial charge in [0, 0.05) is 37.8 Å². The normalized spacial score (nSPS) is 23.0. The van der Waals surface area contributed by atoms with Gasteiger partial charge in [-0.15, -0.1) is 0 Å². The van der Waals surface area contributed by atoms with Crippen LogP contribution >= 0.6 is 0 Å². The zero-order chi connectivity index (χ0) is 18.8. The van der Waals surface area contributed by atoms with Crippen LogP contribution in [0.1, 0.15) is 37.1 Å². The van der Waals surface area contributed by atoms with Crippen molar-refractivity contribution in [2.75, 3.05) is 26.2 Å². The molecule has 2 aliphatic rings. The van der Waals surface area contributed by atoms with Crippen LogP contribution in [0.5, 0.6) is 0 Å². The molecule has 0 radical (unpaired) electrons. The minimum atomic E-state index is -0.258. The van der Waals surface area contributed by atoms with Gasteiger partial charge in [0.15, 0.2) is 0 Å². The maximum absolute atomic E-state index is 13.1. The molecule has 5 nitrogen and oxygen atoms in total. The Kier molecular flexibility index (Phi) is 5.57. The number of piperidine rings is 2. The number of β-amino-alcohol motifs (C(OH)–C–C–N with tert-alkyl or cyclic N) is 1. The number of oxazole rings is 1. The van der Waals surface area contributed by atoms with Crippen LogP contribution < -0.4 is 0 Å². The molecular weight excluding hydrogens is 345 g/mol. The lowest BCUT2D eigenvalue weighted by molar-refractivity contribution is 0.0242. The molecule has 0 amide bonds. The average molecular weight is 373 g/mol. The van der Waals surface area contributed by atoms with E-state index in [1.54, 1.807) is 12.1 Å². The van der Waals surface area contributed by atoms with E-state index in [1.165, 1.54) is 12.1 Å². The number of halogens is 1. The number of hydrogen-bond donors (Lipinski definition) is 1. The second kappa shape index (κ2) is 8.09. The molecule has 2 aromatic rings. The lowest BCUT2D eigenvalue weighted by Crippen LogP contribution is -2.49. The van der Waals surface area contributed by atoms with Gasteiger partial charge in [0.25, 0.3) is 0 Å². The molecule has 27 heavy (non-hydrogen) atoms. The maximum Gasteiger partial charge on any atom is 0.226 e. The van der Waals surface area contributed by atoms with E-state index in [2.05, 4.69) is 14.8 Å². The molecule has 2 fully saturated rings. The Morgan fingerprint density at radius 1 is 1.15 bits per heavy atom. The van der Waals surface area contributed by atoms with Crippen molar-refractivity contribution in [3.8, 4) is 11.5 Å². The summed E-state index contributed by atoms with van der Waals surface area (Å²) in [7, 11) is 0.